The second kappa shape index (κ2) is 6.54. The van der Waals surface area contributed by atoms with Crippen LogP contribution in [0.4, 0.5) is 0 Å². The predicted octanol–water partition coefficient (Wildman–Crippen LogP) is 2.88. The molecule has 0 fully saturated rings. The Labute approximate surface area is 145 Å². The normalized spacial score (nSPS) is 12.0. The minimum Gasteiger partial charge on any atom is -0.464 e. The molecule has 8 heteroatoms. The van der Waals surface area contributed by atoms with Gasteiger partial charge in [0.1, 0.15) is 10.7 Å². The van der Waals surface area contributed by atoms with Gasteiger partial charge in [-0.2, -0.15) is 5.10 Å². The molecule has 0 aliphatic heterocycles. The molecule has 0 bridgehead atoms. The molecule has 0 saturated carbocycles. The van der Waals surface area contributed by atoms with E-state index in [1.807, 2.05) is 24.3 Å². The van der Waals surface area contributed by atoms with Gasteiger partial charge in [0, 0.05) is 18.5 Å². The van der Waals surface area contributed by atoms with Crippen molar-refractivity contribution in [3.8, 4) is 10.6 Å². The minimum absolute atomic E-state index is 0.271. The van der Waals surface area contributed by atoms with E-state index in [4.69, 9.17) is 4.42 Å². The molecule has 0 atom stereocenters. The first-order chi connectivity index (χ1) is 11.4. The molecular formula is C16H19N3O3S2. The molecule has 128 valence electrons. The summed E-state index contributed by atoms with van der Waals surface area (Å²) in [6, 6.07) is 7.74. The van der Waals surface area contributed by atoms with Crippen molar-refractivity contribution in [3.63, 3.8) is 0 Å². The highest BCUT2D eigenvalue weighted by molar-refractivity contribution is 7.89. The van der Waals surface area contributed by atoms with Crippen LogP contribution in [-0.2, 0) is 23.5 Å². The largest absolute Gasteiger partial charge is 0.464 e. The average molecular weight is 365 g/mol. The third kappa shape index (κ3) is 3.31. The smallest absolute Gasteiger partial charge is 0.244 e. The molecule has 0 unspecified atom stereocenters. The number of aryl methyl sites for hydroxylation is 2. The van der Waals surface area contributed by atoms with Crippen molar-refractivity contribution in [1.29, 1.82) is 0 Å². The SMILES string of the molecule is Cc1nn(C)c(C)c1S(=O)(=O)NCCc1ccc(-c2ccco2)s1. The summed E-state index contributed by atoms with van der Waals surface area (Å²) in [6.45, 7) is 3.80. The number of sulfonamides is 1. The summed E-state index contributed by atoms with van der Waals surface area (Å²) in [6.07, 6.45) is 2.27. The highest BCUT2D eigenvalue weighted by Crippen LogP contribution is 2.28. The van der Waals surface area contributed by atoms with Crippen LogP contribution in [-0.4, -0.2) is 24.7 Å². The Balaban J connectivity index is 1.66. The number of nitrogens with zero attached hydrogens (tertiary/aromatic N) is 2. The van der Waals surface area contributed by atoms with Crippen LogP contribution in [0.25, 0.3) is 10.6 Å². The fourth-order valence-electron chi connectivity index (χ4n) is 2.59. The summed E-state index contributed by atoms with van der Waals surface area (Å²) >= 11 is 1.60. The number of aromatic nitrogens is 2. The monoisotopic (exact) mass is 365 g/mol. The van der Waals surface area contributed by atoms with Gasteiger partial charge < -0.3 is 4.42 Å². The van der Waals surface area contributed by atoms with E-state index in [9.17, 15) is 8.42 Å². The maximum Gasteiger partial charge on any atom is 0.244 e. The first-order valence-corrected chi connectivity index (χ1v) is 9.81. The summed E-state index contributed by atoms with van der Waals surface area (Å²) in [7, 11) is -1.82. The Morgan fingerprint density at radius 3 is 2.71 bits per heavy atom. The zero-order chi connectivity index (χ0) is 17.3. The second-order valence-corrected chi connectivity index (χ2v) is 8.39. The van der Waals surface area contributed by atoms with Crippen molar-refractivity contribution < 1.29 is 12.8 Å². The molecule has 1 N–H and O–H groups in total. The first-order valence-electron chi connectivity index (χ1n) is 7.51. The number of furan rings is 1. The fraction of sp³-hybridized carbons (Fsp3) is 0.312. The number of rotatable bonds is 6. The maximum absolute atomic E-state index is 12.5. The Morgan fingerprint density at radius 2 is 2.08 bits per heavy atom. The lowest BCUT2D eigenvalue weighted by Gasteiger charge is -2.06. The van der Waals surface area contributed by atoms with Crippen LogP contribution in [0.2, 0.25) is 0 Å². The van der Waals surface area contributed by atoms with Crippen molar-refractivity contribution in [2.45, 2.75) is 25.2 Å². The molecule has 0 radical (unpaired) electrons. The van der Waals surface area contributed by atoms with Gasteiger partial charge in [0.25, 0.3) is 0 Å². The Hall–Kier alpha value is -1.90. The van der Waals surface area contributed by atoms with Crippen LogP contribution in [0.5, 0.6) is 0 Å². The van der Waals surface area contributed by atoms with Gasteiger partial charge in [-0.05, 0) is 44.5 Å². The van der Waals surface area contributed by atoms with E-state index in [1.165, 1.54) is 0 Å². The van der Waals surface area contributed by atoms with Crippen molar-refractivity contribution in [1.82, 2.24) is 14.5 Å². The molecule has 3 heterocycles. The topological polar surface area (TPSA) is 77.1 Å². The summed E-state index contributed by atoms with van der Waals surface area (Å²) < 4.78 is 34.6. The number of thiophene rings is 1. The Bertz CT molecular complexity index is 938. The zero-order valence-corrected chi connectivity index (χ0v) is 15.4. The molecule has 0 aliphatic carbocycles. The van der Waals surface area contributed by atoms with E-state index < -0.39 is 10.0 Å². The van der Waals surface area contributed by atoms with E-state index >= 15 is 0 Å². The molecular weight excluding hydrogens is 346 g/mol. The van der Waals surface area contributed by atoms with E-state index in [1.54, 1.807) is 43.2 Å². The third-order valence-corrected chi connectivity index (χ3v) is 6.67. The predicted molar refractivity (Wildman–Crippen MR) is 93.6 cm³/mol. The zero-order valence-electron chi connectivity index (χ0n) is 13.7. The molecule has 0 aromatic carbocycles. The van der Waals surface area contributed by atoms with Crippen LogP contribution in [0, 0.1) is 13.8 Å². The number of hydrogen-bond donors (Lipinski definition) is 1. The van der Waals surface area contributed by atoms with Crippen LogP contribution < -0.4 is 4.72 Å². The summed E-state index contributed by atoms with van der Waals surface area (Å²) in [5, 5.41) is 4.16. The van der Waals surface area contributed by atoms with Crippen LogP contribution in [0.15, 0.2) is 39.8 Å². The molecule has 6 nitrogen and oxygen atoms in total. The molecule has 0 aliphatic rings. The van der Waals surface area contributed by atoms with Crippen molar-refractivity contribution in [2.75, 3.05) is 6.54 Å². The maximum atomic E-state index is 12.5. The fourth-order valence-corrected chi connectivity index (χ4v) is 5.03. The van der Waals surface area contributed by atoms with E-state index in [2.05, 4.69) is 9.82 Å². The molecule has 0 amide bonds. The minimum atomic E-state index is -3.55. The van der Waals surface area contributed by atoms with E-state index in [0.29, 0.717) is 24.4 Å². The lowest BCUT2D eigenvalue weighted by molar-refractivity contribution is 0.580. The van der Waals surface area contributed by atoms with Crippen LogP contribution in [0.1, 0.15) is 16.3 Å². The van der Waals surface area contributed by atoms with Crippen LogP contribution >= 0.6 is 11.3 Å². The third-order valence-electron chi connectivity index (χ3n) is 3.80. The van der Waals surface area contributed by atoms with Gasteiger partial charge in [-0.1, -0.05) is 0 Å². The van der Waals surface area contributed by atoms with Gasteiger partial charge in [-0.15, -0.1) is 11.3 Å². The molecule has 3 aromatic heterocycles. The molecule has 3 rings (SSSR count). The number of hydrogen-bond acceptors (Lipinski definition) is 5. The molecule has 24 heavy (non-hydrogen) atoms. The van der Waals surface area contributed by atoms with Crippen molar-refractivity contribution in [3.05, 3.63) is 46.8 Å². The molecule has 0 saturated heterocycles. The average Bonchev–Trinajstić information content (AvgIpc) is 3.21. The summed E-state index contributed by atoms with van der Waals surface area (Å²) in [5.41, 5.74) is 1.15. The Morgan fingerprint density at radius 1 is 1.29 bits per heavy atom. The highest BCUT2D eigenvalue weighted by atomic mass is 32.2. The van der Waals surface area contributed by atoms with Crippen molar-refractivity contribution >= 4 is 21.4 Å². The van der Waals surface area contributed by atoms with E-state index in [0.717, 1.165) is 15.5 Å². The van der Waals surface area contributed by atoms with Gasteiger partial charge in [-0.3, -0.25) is 4.68 Å². The quantitative estimate of drug-likeness (QED) is 0.729. The highest BCUT2D eigenvalue weighted by Gasteiger charge is 2.23. The molecule has 3 aromatic rings. The van der Waals surface area contributed by atoms with Gasteiger partial charge in [0.2, 0.25) is 10.0 Å². The second-order valence-electron chi connectivity index (χ2n) is 5.51. The lowest BCUT2D eigenvalue weighted by atomic mass is 10.3. The van der Waals surface area contributed by atoms with Crippen LogP contribution in [0.3, 0.4) is 0 Å². The summed E-state index contributed by atoms with van der Waals surface area (Å²) in [4.78, 5) is 2.41. The lowest BCUT2D eigenvalue weighted by Crippen LogP contribution is -2.26. The Kier molecular flexibility index (Phi) is 4.62. The number of nitrogens with one attached hydrogen (secondary N) is 1. The standard InChI is InChI=1S/C16H19N3O3S2/c1-11-16(12(2)19(3)18-11)24(20,21)17-9-8-13-6-7-15(23-13)14-5-4-10-22-14/h4-7,10,17H,8-9H2,1-3H3. The van der Waals surface area contributed by atoms with Crippen molar-refractivity contribution in [2.24, 2.45) is 7.05 Å². The van der Waals surface area contributed by atoms with Gasteiger partial charge in [-0.25, -0.2) is 13.1 Å². The first kappa shape index (κ1) is 16.9. The molecule has 0 spiro atoms. The summed E-state index contributed by atoms with van der Waals surface area (Å²) in [5.74, 6) is 0.827. The van der Waals surface area contributed by atoms with Gasteiger partial charge >= 0.3 is 0 Å². The van der Waals surface area contributed by atoms with Gasteiger partial charge in [0.15, 0.2) is 0 Å². The van der Waals surface area contributed by atoms with E-state index in [-0.39, 0.29) is 4.90 Å². The van der Waals surface area contributed by atoms with Gasteiger partial charge in [0.05, 0.1) is 22.5 Å².